The van der Waals surface area contributed by atoms with Gasteiger partial charge in [0.2, 0.25) is 0 Å². The van der Waals surface area contributed by atoms with Crippen molar-refractivity contribution in [2.45, 2.75) is 37.6 Å². The highest BCUT2D eigenvalue weighted by Crippen LogP contribution is 2.37. The third-order valence-corrected chi connectivity index (χ3v) is 7.36. The van der Waals surface area contributed by atoms with Crippen molar-refractivity contribution in [1.82, 2.24) is 0 Å². The van der Waals surface area contributed by atoms with Crippen LogP contribution in [0, 0.1) is 0 Å². The summed E-state index contributed by atoms with van der Waals surface area (Å²) in [5, 5.41) is 2.91. The number of nitrogens with zero attached hydrogens (tertiary/aromatic N) is 1. The number of carbonyl (C=O) groups excluding carboxylic acids is 1. The van der Waals surface area contributed by atoms with Gasteiger partial charge in [-0.05, 0) is 73.4 Å². The molecule has 3 aromatic rings. The molecule has 0 bridgehead atoms. The lowest BCUT2D eigenvalue weighted by Crippen LogP contribution is -2.35. The summed E-state index contributed by atoms with van der Waals surface area (Å²) in [6, 6.07) is 21.2. The maximum absolute atomic E-state index is 13.2. The lowest BCUT2D eigenvalue weighted by atomic mass is 10.1. The Kier molecular flexibility index (Phi) is 5.35. The van der Waals surface area contributed by atoms with Crippen LogP contribution in [-0.4, -0.2) is 20.4 Å². The van der Waals surface area contributed by atoms with Gasteiger partial charge in [0.05, 0.1) is 10.6 Å². The van der Waals surface area contributed by atoms with Crippen LogP contribution in [0.1, 0.15) is 35.3 Å². The van der Waals surface area contributed by atoms with E-state index < -0.39 is 10.0 Å². The van der Waals surface area contributed by atoms with Gasteiger partial charge in [-0.25, -0.2) is 8.42 Å². The molecule has 0 spiro atoms. The monoisotopic (exact) mass is 420 g/mol. The van der Waals surface area contributed by atoms with Gasteiger partial charge in [-0.2, -0.15) is 0 Å². The van der Waals surface area contributed by atoms with E-state index in [0.29, 0.717) is 17.7 Å². The second-order valence-corrected chi connectivity index (χ2v) is 9.33. The number of aryl methyl sites for hydroxylation is 1. The summed E-state index contributed by atoms with van der Waals surface area (Å²) in [5.41, 5.74) is 3.95. The quantitative estimate of drug-likeness (QED) is 0.654. The van der Waals surface area contributed by atoms with E-state index in [4.69, 9.17) is 0 Å². The molecule has 0 fully saturated rings. The predicted octanol–water partition coefficient (Wildman–Crippen LogP) is 4.64. The highest BCUT2D eigenvalue weighted by molar-refractivity contribution is 7.92. The lowest BCUT2D eigenvalue weighted by Gasteiger charge is -2.24. The molecule has 30 heavy (non-hydrogen) atoms. The van der Waals surface area contributed by atoms with Crippen molar-refractivity contribution in [3.05, 3.63) is 89.5 Å². The van der Waals surface area contributed by atoms with Crippen LogP contribution in [0.5, 0.6) is 0 Å². The first-order valence-corrected chi connectivity index (χ1v) is 11.5. The number of hydrogen-bond donors (Lipinski definition) is 1. The SMILES string of the molecule is CCc1ccc(NC(=O)c2ccc3c(c2)C[C@H](C)N3S(=O)(=O)c2ccccc2)cc1. The van der Waals surface area contributed by atoms with E-state index in [9.17, 15) is 13.2 Å². The Bertz CT molecular complexity index is 1170. The van der Waals surface area contributed by atoms with Crippen LogP contribution in [0.4, 0.5) is 11.4 Å². The van der Waals surface area contributed by atoms with Gasteiger partial charge in [0, 0.05) is 17.3 Å². The number of hydrogen-bond acceptors (Lipinski definition) is 3. The first-order chi connectivity index (χ1) is 14.4. The molecule has 0 saturated heterocycles. The fourth-order valence-electron chi connectivity index (χ4n) is 3.84. The fraction of sp³-hybridized carbons (Fsp3) is 0.208. The minimum atomic E-state index is -3.66. The van der Waals surface area contributed by atoms with Gasteiger partial charge in [0.1, 0.15) is 0 Å². The molecule has 0 aliphatic carbocycles. The van der Waals surface area contributed by atoms with Crippen LogP contribution in [0.25, 0.3) is 0 Å². The predicted molar refractivity (Wildman–Crippen MR) is 119 cm³/mol. The Hall–Kier alpha value is -3.12. The Morgan fingerprint density at radius 1 is 1.03 bits per heavy atom. The molecular weight excluding hydrogens is 396 g/mol. The van der Waals surface area contributed by atoms with Crippen molar-refractivity contribution in [3.63, 3.8) is 0 Å². The third-order valence-electron chi connectivity index (χ3n) is 5.41. The number of rotatable bonds is 5. The Labute approximate surface area is 177 Å². The minimum absolute atomic E-state index is 0.209. The summed E-state index contributed by atoms with van der Waals surface area (Å²) in [5.74, 6) is -0.209. The maximum Gasteiger partial charge on any atom is 0.264 e. The smallest absolute Gasteiger partial charge is 0.264 e. The van der Waals surface area contributed by atoms with Gasteiger partial charge in [-0.1, -0.05) is 37.3 Å². The molecule has 4 rings (SSSR count). The second kappa shape index (κ2) is 7.95. The van der Waals surface area contributed by atoms with Crippen molar-refractivity contribution in [2.75, 3.05) is 9.62 Å². The summed E-state index contributed by atoms with van der Waals surface area (Å²) in [4.78, 5) is 13.0. The van der Waals surface area contributed by atoms with E-state index in [2.05, 4.69) is 12.2 Å². The average molecular weight is 421 g/mol. The molecule has 1 aliphatic heterocycles. The molecule has 6 heteroatoms. The van der Waals surface area contributed by atoms with Crippen LogP contribution in [0.15, 0.2) is 77.7 Å². The fourth-order valence-corrected chi connectivity index (χ4v) is 5.56. The lowest BCUT2D eigenvalue weighted by molar-refractivity contribution is 0.102. The van der Waals surface area contributed by atoms with E-state index in [0.717, 1.165) is 17.7 Å². The normalized spacial score (nSPS) is 15.7. The number of anilines is 2. The number of amides is 1. The van der Waals surface area contributed by atoms with Crippen molar-refractivity contribution in [1.29, 1.82) is 0 Å². The Balaban J connectivity index is 1.60. The van der Waals surface area contributed by atoms with Crippen LogP contribution in [0.2, 0.25) is 0 Å². The molecule has 1 atom stereocenters. The van der Waals surface area contributed by atoms with E-state index >= 15 is 0 Å². The topological polar surface area (TPSA) is 66.5 Å². The van der Waals surface area contributed by atoms with Gasteiger partial charge >= 0.3 is 0 Å². The van der Waals surface area contributed by atoms with Gasteiger partial charge in [0.15, 0.2) is 0 Å². The number of fused-ring (bicyclic) bond motifs is 1. The molecule has 0 unspecified atom stereocenters. The van der Waals surface area contributed by atoms with E-state index in [1.54, 1.807) is 48.5 Å². The summed E-state index contributed by atoms with van der Waals surface area (Å²) >= 11 is 0. The molecule has 3 aromatic carbocycles. The Morgan fingerprint density at radius 2 is 1.73 bits per heavy atom. The minimum Gasteiger partial charge on any atom is -0.322 e. The van der Waals surface area contributed by atoms with E-state index in [1.165, 1.54) is 9.87 Å². The summed E-state index contributed by atoms with van der Waals surface area (Å²) in [7, 11) is -3.66. The highest BCUT2D eigenvalue weighted by Gasteiger charge is 2.36. The summed E-state index contributed by atoms with van der Waals surface area (Å²) < 4.78 is 27.8. The average Bonchev–Trinajstić information content (AvgIpc) is 3.10. The maximum atomic E-state index is 13.2. The molecular formula is C24H24N2O3S. The van der Waals surface area contributed by atoms with E-state index in [1.807, 2.05) is 31.2 Å². The summed E-state index contributed by atoms with van der Waals surface area (Å²) in [6.45, 7) is 3.97. The molecule has 154 valence electrons. The summed E-state index contributed by atoms with van der Waals surface area (Å²) in [6.07, 6.45) is 1.51. The van der Waals surface area contributed by atoms with Gasteiger partial charge in [-0.3, -0.25) is 9.10 Å². The van der Waals surface area contributed by atoms with Crippen molar-refractivity contribution < 1.29 is 13.2 Å². The van der Waals surface area contributed by atoms with Gasteiger partial charge in [0.25, 0.3) is 15.9 Å². The highest BCUT2D eigenvalue weighted by atomic mass is 32.2. The number of benzene rings is 3. The zero-order valence-corrected chi connectivity index (χ0v) is 17.8. The van der Waals surface area contributed by atoms with Crippen molar-refractivity contribution >= 4 is 27.3 Å². The number of sulfonamides is 1. The van der Waals surface area contributed by atoms with E-state index in [-0.39, 0.29) is 16.8 Å². The van der Waals surface area contributed by atoms with Crippen molar-refractivity contribution in [3.8, 4) is 0 Å². The first kappa shape index (κ1) is 20.2. The molecule has 5 nitrogen and oxygen atoms in total. The molecule has 1 N–H and O–H groups in total. The van der Waals surface area contributed by atoms with Gasteiger partial charge < -0.3 is 5.32 Å². The molecule has 1 heterocycles. The third kappa shape index (κ3) is 3.71. The molecule has 0 radical (unpaired) electrons. The standard InChI is InChI=1S/C24H24N2O3S/c1-3-18-9-12-21(13-10-18)25-24(27)19-11-14-23-20(16-19)15-17(2)26(23)30(28,29)22-7-5-4-6-8-22/h4-14,16-17H,3,15H2,1-2H3,(H,25,27)/t17-/m0/s1. The first-order valence-electron chi connectivity index (χ1n) is 10.0. The Morgan fingerprint density at radius 3 is 2.40 bits per heavy atom. The number of nitrogens with one attached hydrogen (secondary N) is 1. The van der Waals surface area contributed by atoms with Crippen molar-refractivity contribution in [2.24, 2.45) is 0 Å². The molecule has 0 aromatic heterocycles. The van der Waals surface area contributed by atoms with Crippen LogP contribution in [-0.2, 0) is 22.9 Å². The largest absolute Gasteiger partial charge is 0.322 e. The molecule has 1 amide bonds. The molecule has 0 saturated carbocycles. The van der Waals surface area contributed by atoms with Crippen LogP contribution >= 0.6 is 0 Å². The number of carbonyl (C=O) groups is 1. The second-order valence-electron chi connectivity index (χ2n) is 7.52. The van der Waals surface area contributed by atoms with Crippen LogP contribution in [0.3, 0.4) is 0 Å². The van der Waals surface area contributed by atoms with Gasteiger partial charge in [-0.15, -0.1) is 0 Å². The zero-order chi connectivity index (χ0) is 21.3. The molecule has 1 aliphatic rings. The zero-order valence-electron chi connectivity index (χ0n) is 17.0. The van der Waals surface area contributed by atoms with Crippen LogP contribution < -0.4 is 9.62 Å².